The Morgan fingerprint density at radius 1 is 1.25 bits per heavy atom. The number of ketones is 1. The molecule has 0 atom stereocenters. The Hall–Kier alpha value is -1.29. The first-order valence-corrected chi connectivity index (χ1v) is 7.21. The Morgan fingerprint density at radius 3 is 2.35 bits per heavy atom. The van der Waals surface area contributed by atoms with E-state index in [1.165, 1.54) is 6.07 Å². The Labute approximate surface area is 118 Å². The van der Waals surface area contributed by atoms with Crippen LogP contribution >= 0.6 is 0 Å². The number of carbonyl (C=O) groups is 1. The molecule has 0 saturated carbocycles. The predicted octanol–water partition coefficient (Wildman–Crippen LogP) is 3.66. The van der Waals surface area contributed by atoms with Gasteiger partial charge in [-0.15, -0.1) is 0 Å². The van der Waals surface area contributed by atoms with Crippen LogP contribution in [-0.4, -0.2) is 30.3 Å². The molecule has 0 unspecified atom stereocenters. The summed E-state index contributed by atoms with van der Waals surface area (Å²) in [5, 5.41) is 0. The molecule has 1 heterocycles. The quantitative estimate of drug-likeness (QED) is 0.768. The molecule has 0 aromatic heterocycles. The second kappa shape index (κ2) is 6.00. The van der Waals surface area contributed by atoms with Crippen LogP contribution < -0.4 is 0 Å². The Bertz CT molecular complexity index is 477. The molecule has 0 spiro atoms. The molecule has 20 heavy (non-hydrogen) atoms. The van der Waals surface area contributed by atoms with Crippen LogP contribution in [0.15, 0.2) is 18.2 Å². The monoisotopic (exact) mass is 281 g/mol. The van der Waals surface area contributed by atoms with Gasteiger partial charge >= 0.3 is 0 Å². The summed E-state index contributed by atoms with van der Waals surface area (Å²) in [7, 11) is 0. The van der Waals surface area contributed by atoms with Crippen molar-refractivity contribution in [3.8, 4) is 0 Å². The minimum absolute atomic E-state index is 0.0968. The molecule has 4 heteroatoms. The number of rotatable bonds is 5. The Morgan fingerprint density at radius 2 is 1.85 bits per heavy atom. The van der Waals surface area contributed by atoms with Crippen molar-refractivity contribution in [1.82, 2.24) is 4.90 Å². The van der Waals surface area contributed by atoms with Crippen LogP contribution in [0.5, 0.6) is 0 Å². The highest BCUT2D eigenvalue weighted by Crippen LogP contribution is 2.36. The molecule has 2 nitrogen and oxygen atoms in total. The van der Waals surface area contributed by atoms with E-state index in [4.69, 9.17) is 0 Å². The van der Waals surface area contributed by atoms with Crippen LogP contribution in [0.1, 0.15) is 43.5 Å². The third-order valence-electron chi connectivity index (χ3n) is 4.63. The molecular weight excluding hydrogens is 260 g/mol. The highest BCUT2D eigenvalue weighted by atomic mass is 19.1. The SMILES string of the molecule is CCC1(CC)CCN(CC(=O)c2c(F)cccc2F)C1. The Kier molecular flexibility index (Phi) is 4.53. The summed E-state index contributed by atoms with van der Waals surface area (Å²) < 4.78 is 27.2. The second-order valence-electron chi connectivity index (χ2n) is 5.69. The van der Waals surface area contributed by atoms with Gasteiger partial charge in [0.25, 0.3) is 0 Å². The molecule has 1 aromatic rings. The van der Waals surface area contributed by atoms with Gasteiger partial charge in [0.05, 0.1) is 12.1 Å². The van der Waals surface area contributed by atoms with Gasteiger partial charge in [-0.1, -0.05) is 19.9 Å². The molecule has 1 saturated heterocycles. The average molecular weight is 281 g/mol. The number of benzene rings is 1. The van der Waals surface area contributed by atoms with Gasteiger partial charge in [0.1, 0.15) is 11.6 Å². The van der Waals surface area contributed by atoms with Crippen molar-refractivity contribution in [2.24, 2.45) is 5.41 Å². The number of hydrogen-bond acceptors (Lipinski definition) is 2. The zero-order chi connectivity index (χ0) is 14.8. The fourth-order valence-electron chi connectivity index (χ4n) is 3.04. The molecule has 0 bridgehead atoms. The van der Waals surface area contributed by atoms with E-state index in [-0.39, 0.29) is 12.0 Å². The molecule has 0 aliphatic carbocycles. The number of carbonyl (C=O) groups excluding carboxylic acids is 1. The highest BCUT2D eigenvalue weighted by Gasteiger charge is 2.35. The maximum absolute atomic E-state index is 13.6. The second-order valence-corrected chi connectivity index (χ2v) is 5.69. The number of hydrogen-bond donors (Lipinski definition) is 0. The van der Waals surface area contributed by atoms with Gasteiger partial charge in [-0.05, 0) is 43.4 Å². The predicted molar refractivity (Wildman–Crippen MR) is 74.8 cm³/mol. The molecule has 110 valence electrons. The number of likely N-dealkylation sites (tertiary alicyclic amines) is 1. The molecule has 0 radical (unpaired) electrons. The van der Waals surface area contributed by atoms with Gasteiger partial charge in [0, 0.05) is 6.54 Å². The lowest BCUT2D eigenvalue weighted by Crippen LogP contribution is -2.31. The van der Waals surface area contributed by atoms with Gasteiger partial charge in [-0.3, -0.25) is 9.69 Å². The lowest BCUT2D eigenvalue weighted by Gasteiger charge is -2.26. The zero-order valence-electron chi connectivity index (χ0n) is 12.1. The number of Topliss-reactive ketones (excluding diaryl/α,β-unsaturated/α-hetero) is 1. The molecule has 1 aliphatic heterocycles. The fourth-order valence-corrected chi connectivity index (χ4v) is 3.04. The van der Waals surface area contributed by atoms with E-state index < -0.39 is 23.0 Å². The first kappa shape index (κ1) is 15.1. The lowest BCUT2D eigenvalue weighted by molar-refractivity contribution is 0.0928. The van der Waals surface area contributed by atoms with E-state index in [0.29, 0.717) is 0 Å². The maximum atomic E-state index is 13.6. The average Bonchev–Trinajstić information content (AvgIpc) is 2.82. The van der Waals surface area contributed by atoms with Crippen LogP contribution in [0, 0.1) is 17.0 Å². The molecular formula is C16H21F2NO. The van der Waals surface area contributed by atoms with Crippen LogP contribution in [-0.2, 0) is 0 Å². The molecule has 1 aliphatic rings. The normalized spacial score (nSPS) is 18.4. The van der Waals surface area contributed by atoms with E-state index in [2.05, 4.69) is 13.8 Å². The topological polar surface area (TPSA) is 20.3 Å². The minimum Gasteiger partial charge on any atom is -0.295 e. The largest absolute Gasteiger partial charge is 0.295 e. The van der Waals surface area contributed by atoms with Crippen molar-refractivity contribution in [1.29, 1.82) is 0 Å². The first-order chi connectivity index (χ1) is 9.51. The van der Waals surface area contributed by atoms with Gasteiger partial charge < -0.3 is 0 Å². The third-order valence-corrected chi connectivity index (χ3v) is 4.63. The number of nitrogens with zero attached hydrogens (tertiary/aromatic N) is 1. The van der Waals surface area contributed by atoms with Gasteiger partial charge in [0.15, 0.2) is 5.78 Å². The Balaban J connectivity index is 2.07. The summed E-state index contributed by atoms with van der Waals surface area (Å²) in [6.45, 7) is 6.07. The molecule has 1 fully saturated rings. The van der Waals surface area contributed by atoms with E-state index in [1.54, 1.807) is 0 Å². The molecule has 0 N–H and O–H groups in total. The van der Waals surface area contributed by atoms with Crippen molar-refractivity contribution in [3.05, 3.63) is 35.4 Å². The standard InChI is InChI=1S/C16H21F2NO/c1-3-16(4-2)8-9-19(11-16)10-14(20)15-12(17)6-5-7-13(15)18/h5-7H,3-4,8-11H2,1-2H3. The number of halogens is 2. The molecule has 0 amide bonds. The summed E-state index contributed by atoms with van der Waals surface area (Å²) in [4.78, 5) is 14.1. The summed E-state index contributed by atoms with van der Waals surface area (Å²) in [6.07, 6.45) is 3.19. The zero-order valence-corrected chi connectivity index (χ0v) is 12.1. The smallest absolute Gasteiger partial charge is 0.182 e. The van der Waals surface area contributed by atoms with Crippen LogP contribution in [0.25, 0.3) is 0 Å². The highest BCUT2D eigenvalue weighted by molar-refractivity contribution is 5.98. The van der Waals surface area contributed by atoms with Crippen LogP contribution in [0.3, 0.4) is 0 Å². The molecule has 2 rings (SSSR count). The fraction of sp³-hybridized carbons (Fsp3) is 0.562. The summed E-state index contributed by atoms with van der Waals surface area (Å²) in [5.41, 5.74) is -0.147. The van der Waals surface area contributed by atoms with E-state index >= 15 is 0 Å². The maximum Gasteiger partial charge on any atom is 0.182 e. The van der Waals surface area contributed by atoms with Crippen molar-refractivity contribution >= 4 is 5.78 Å². The summed E-state index contributed by atoms with van der Waals surface area (Å²) >= 11 is 0. The third kappa shape index (κ3) is 2.90. The summed E-state index contributed by atoms with van der Waals surface area (Å²) in [6, 6.07) is 3.53. The van der Waals surface area contributed by atoms with Gasteiger partial charge in [-0.25, -0.2) is 8.78 Å². The van der Waals surface area contributed by atoms with E-state index in [0.717, 1.165) is 44.5 Å². The summed E-state index contributed by atoms with van der Waals surface area (Å²) in [5.74, 6) is -2.01. The first-order valence-electron chi connectivity index (χ1n) is 7.21. The van der Waals surface area contributed by atoms with Crippen LogP contribution in [0.2, 0.25) is 0 Å². The van der Waals surface area contributed by atoms with Crippen molar-refractivity contribution < 1.29 is 13.6 Å². The minimum atomic E-state index is -0.772. The van der Waals surface area contributed by atoms with Crippen molar-refractivity contribution in [3.63, 3.8) is 0 Å². The van der Waals surface area contributed by atoms with Crippen LogP contribution in [0.4, 0.5) is 8.78 Å². The lowest BCUT2D eigenvalue weighted by atomic mass is 9.82. The van der Waals surface area contributed by atoms with Crippen molar-refractivity contribution in [2.45, 2.75) is 33.1 Å². The van der Waals surface area contributed by atoms with E-state index in [1.807, 2.05) is 4.90 Å². The molecule has 1 aromatic carbocycles. The van der Waals surface area contributed by atoms with Gasteiger partial charge in [0.2, 0.25) is 0 Å². The van der Waals surface area contributed by atoms with Crippen molar-refractivity contribution in [2.75, 3.05) is 19.6 Å². The van der Waals surface area contributed by atoms with E-state index in [9.17, 15) is 13.6 Å². The van der Waals surface area contributed by atoms with Gasteiger partial charge in [-0.2, -0.15) is 0 Å².